The van der Waals surface area contributed by atoms with Gasteiger partial charge in [0, 0.05) is 31.9 Å². The number of fused-ring (bicyclic) bond motifs is 1. The number of benzene rings is 3. The molecule has 45 heavy (non-hydrogen) atoms. The van der Waals surface area contributed by atoms with Crippen LogP contribution in [0.5, 0.6) is 0 Å². The number of hydrogen-bond donors (Lipinski definition) is 1. The molecule has 0 aliphatic carbocycles. The number of aromatic nitrogens is 2. The Morgan fingerprint density at radius 1 is 0.889 bits per heavy atom. The second-order valence-electron chi connectivity index (χ2n) is 14.3. The highest BCUT2D eigenvalue weighted by molar-refractivity contribution is 5.89. The fourth-order valence-electron chi connectivity index (χ4n) is 6.23. The van der Waals surface area contributed by atoms with E-state index in [1.165, 1.54) is 16.7 Å². The van der Waals surface area contributed by atoms with Crippen LogP contribution in [0, 0.1) is 25.7 Å². The van der Waals surface area contributed by atoms with Crippen LogP contribution in [-0.4, -0.2) is 58.5 Å². The van der Waals surface area contributed by atoms with Crippen molar-refractivity contribution < 1.29 is 4.79 Å². The summed E-state index contributed by atoms with van der Waals surface area (Å²) in [7, 11) is 2.20. The molecule has 0 atom stereocenters. The lowest BCUT2D eigenvalue weighted by atomic mass is 9.82. The average molecular weight is 610 g/mol. The number of aryl methyl sites for hydroxylation is 3. The molecule has 0 aliphatic heterocycles. The molecule has 0 fully saturated rings. The molecule has 6 nitrogen and oxygen atoms in total. The van der Waals surface area contributed by atoms with Gasteiger partial charge in [0.15, 0.2) is 0 Å². The normalized spacial score (nSPS) is 12.1. The van der Waals surface area contributed by atoms with Gasteiger partial charge in [-0.1, -0.05) is 70.2 Å². The molecule has 0 radical (unpaired) electrons. The third-order valence-electron chi connectivity index (χ3n) is 8.49. The summed E-state index contributed by atoms with van der Waals surface area (Å²) in [6.07, 6.45) is 2.03. The van der Waals surface area contributed by atoms with Crippen molar-refractivity contribution in [3.05, 3.63) is 89.0 Å². The molecule has 1 aromatic heterocycles. The molecular weight excluding hydrogens is 554 g/mol. The number of amides is 1. The number of rotatable bonds is 15. The number of nitrogens with one attached hydrogen (secondary N) is 1. The maximum absolute atomic E-state index is 14.1. The van der Waals surface area contributed by atoms with Crippen LogP contribution in [0.4, 0.5) is 11.6 Å². The first kappa shape index (κ1) is 34.2. The van der Waals surface area contributed by atoms with Crippen LogP contribution in [0.15, 0.2) is 66.7 Å². The van der Waals surface area contributed by atoms with Crippen molar-refractivity contribution in [3.63, 3.8) is 0 Å². The standard InChI is InChI=1S/C39H55N5O/c1-28(2)26-43(27-29(3)4)37(45)39(7,8)33-16-17-35-36(25-33)44(38(41-35)40-34-23-30(5)22-31(6)24-34)20-13-19-42(9)21-18-32-14-11-10-12-15-32/h10-12,14-17,22-25,28-29H,13,18-21,26-27H2,1-9H3,(H,40,41). The number of anilines is 2. The van der Waals surface area contributed by atoms with E-state index in [-0.39, 0.29) is 5.91 Å². The Bertz CT molecular complexity index is 1520. The van der Waals surface area contributed by atoms with Gasteiger partial charge in [-0.25, -0.2) is 4.98 Å². The molecule has 0 spiro atoms. The third-order valence-corrected chi connectivity index (χ3v) is 8.49. The molecule has 4 aromatic rings. The van der Waals surface area contributed by atoms with Gasteiger partial charge in [0.1, 0.15) is 0 Å². The van der Waals surface area contributed by atoms with Crippen LogP contribution in [0.3, 0.4) is 0 Å². The zero-order chi connectivity index (χ0) is 32.7. The molecule has 1 N–H and O–H groups in total. The lowest BCUT2D eigenvalue weighted by Crippen LogP contribution is -2.46. The van der Waals surface area contributed by atoms with Gasteiger partial charge >= 0.3 is 0 Å². The third kappa shape index (κ3) is 9.20. The Balaban J connectivity index is 1.62. The Labute approximate surface area is 271 Å². The zero-order valence-corrected chi connectivity index (χ0v) is 29.2. The summed E-state index contributed by atoms with van der Waals surface area (Å²) in [5, 5.41) is 3.63. The van der Waals surface area contributed by atoms with Crippen LogP contribution in [0.2, 0.25) is 0 Å². The molecule has 6 heteroatoms. The molecule has 0 saturated carbocycles. The van der Waals surface area contributed by atoms with E-state index in [0.717, 1.165) is 73.8 Å². The van der Waals surface area contributed by atoms with E-state index in [9.17, 15) is 4.79 Å². The maximum atomic E-state index is 14.1. The summed E-state index contributed by atoms with van der Waals surface area (Å²) in [6.45, 7) is 21.5. The van der Waals surface area contributed by atoms with Crippen molar-refractivity contribution in [2.24, 2.45) is 11.8 Å². The van der Waals surface area contributed by atoms with Crippen LogP contribution in [0.1, 0.15) is 70.2 Å². The minimum Gasteiger partial charge on any atom is -0.341 e. The molecular formula is C39H55N5O. The SMILES string of the molecule is Cc1cc(C)cc(Nc2nc3ccc(C(C)(C)C(=O)N(CC(C)C)CC(C)C)cc3n2CCCN(C)CCc2ccccc2)c1. The van der Waals surface area contributed by atoms with Crippen molar-refractivity contribution in [2.45, 2.75) is 80.2 Å². The predicted octanol–water partition coefficient (Wildman–Crippen LogP) is 8.38. The smallest absolute Gasteiger partial charge is 0.232 e. The number of likely N-dealkylation sites (N-methyl/N-ethyl adjacent to an activating group) is 1. The molecule has 0 aliphatic rings. The van der Waals surface area contributed by atoms with E-state index in [2.05, 4.69) is 149 Å². The highest BCUT2D eigenvalue weighted by Crippen LogP contribution is 2.32. The van der Waals surface area contributed by atoms with Crippen molar-refractivity contribution in [3.8, 4) is 0 Å². The van der Waals surface area contributed by atoms with Gasteiger partial charge in [-0.2, -0.15) is 0 Å². The Morgan fingerprint density at radius 2 is 1.53 bits per heavy atom. The van der Waals surface area contributed by atoms with Crippen molar-refractivity contribution in [2.75, 3.05) is 38.5 Å². The van der Waals surface area contributed by atoms with E-state index in [4.69, 9.17) is 4.98 Å². The van der Waals surface area contributed by atoms with E-state index >= 15 is 0 Å². The molecule has 1 heterocycles. The van der Waals surface area contributed by atoms with Crippen LogP contribution >= 0.6 is 0 Å². The average Bonchev–Trinajstić information content (AvgIpc) is 3.30. The minimum atomic E-state index is -0.661. The fraction of sp³-hybridized carbons (Fsp3) is 0.487. The summed E-state index contributed by atoms with van der Waals surface area (Å²) in [5.41, 5.74) is 7.21. The Kier molecular flexibility index (Phi) is 11.5. The summed E-state index contributed by atoms with van der Waals surface area (Å²) >= 11 is 0. The van der Waals surface area contributed by atoms with Crippen molar-refractivity contribution in [1.82, 2.24) is 19.4 Å². The maximum Gasteiger partial charge on any atom is 0.232 e. The van der Waals surface area contributed by atoms with Gasteiger partial charge < -0.3 is 19.7 Å². The Morgan fingerprint density at radius 3 is 2.16 bits per heavy atom. The Hall–Kier alpha value is -3.64. The fourth-order valence-corrected chi connectivity index (χ4v) is 6.23. The van der Waals surface area contributed by atoms with Gasteiger partial charge in [-0.3, -0.25) is 4.79 Å². The molecule has 4 rings (SSSR count). The van der Waals surface area contributed by atoms with Gasteiger partial charge in [0.25, 0.3) is 0 Å². The monoisotopic (exact) mass is 609 g/mol. The highest BCUT2D eigenvalue weighted by atomic mass is 16.2. The lowest BCUT2D eigenvalue weighted by Gasteiger charge is -2.34. The first-order valence-corrected chi connectivity index (χ1v) is 16.7. The number of carbonyl (C=O) groups is 1. The molecule has 0 saturated heterocycles. The van der Waals surface area contributed by atoms with Gasteiger partial charge in [0.2, 0.25) is 11.9 Å². The second-order valence-corrected chi connectivity index (χ2v) is 14.3. The first-order chi connectivity index (χ1) is 21.3. The summed E-state index contributed by atoms with van der Waals surface area (Å²) in [4.78, 5) is 23.6. The van der Waals surface area contributed by atoms with Gasteiger partial charge in [0.05, 0.1) is 16.4 Å². The number of hydrogen-bond acceptors (Lipinski definition) is 4. The molecule has 0 unspecified atom stereocenters. The largest absolute Gasteiger partial charge is 0.341 e. The molecule has 1 amide bonds. The summed E-state index contributed by atoms with van der Waals surface area (Å²) < 4.78 is 2.31. The summed E-state index contributed by atoms with van der Waals surface area (Å²) in [6, 6.07) is 23.6. The highest BCUT2D eigenvalue weighted by Gasteiger charge is 2.35. The number of nitrogens with zero attached hydrogens (tertiary/aromatic N) is 4. The lowest BCUT2D eigenvalue weighted by molar-refractivity contribution is -0.137. The van der Waals surface area contributed by atoms with Crippen LogP contribution < -0.4 is 5.32 Å². The molecule has 242 valence electrons. The zero-order valence-electron chi connectivity index (χ0n) is 29.2. The molecule has 3 aromatic carbocycles. The summed E-state index contributed by atoms with van der Waals surface area (Å²) in [5.74, 6) is 1.85. The van der Waals surface area contributed by atoms with Crippen LogP contribution in [0.25, 0.3) is 11.0 Å². The van der Waals surface area contributed by atoms with E-state index in [1.54, 1.807) is 0 Å². The first-order valence-electron chi connectivity index (χ1n) is 16.7. The predicted molar refractivity (Wildman–Crippen MR) is 190 cm³/mol. The quantitative estimate of drug-likeness (QED) is 0.147. The number of imidazole rings is 1. The van der Waals surface area contributed by atoms with Crippen molar-refractivity contribution in [1.29, 1.82) is 0 Å². The van der Waals surface area contributed by atoms with E-state index in [0.29, 0.717) is 11.8 Å². The minimum absolute atomic E-state index is 0.184. The number of carbonyl (C=O) groups excluding carboxylic acids is 1. The topological polar surface area (TPSA) is 53.4 Å². The molecule has 0 bridgehead atoms. The van der Waals surface area contributed by atoms with E-state index < -0.39 is 5.41 Å². The van der Waals surface area contributed by atoms with E-state index in [1.807, 2.05) is 0 Å². The second kappa shape index (κ2) is 15.1. The van der Waals surface area contributed by atoms with Crippen molar-refractivity contribution >= 4 is 28.6 Å². The van der Waals surface area contributed by atoms with Gasteiger partial charge in [-0.05, 0) is 112 Å². The van der Waals surface area contributed by atoms with Gasteiger partial charge in [-0.15, -0.1) is 0 Å². The van der Waals surface area contributed by atoms with Crippen LogP contribution in [-0.2, 0) is 23.2 Å².